The number of benzene rings is 1. The summed E-state index contributed by atoms with van der Waals surface area (Å²) in [5.74, 6) is 6.15. The second-order valence-electron chi connectivity index (χ2n) is 4.68. The molecule has 0 spiro atoms. The predicted octanol–water partition coefficient (Wildman–Crippen LogP) is 3.02. The molecule has 0 radical (unpaired) electrons. The first kappa shape index (κ1) is 15.6. The zero-order valence-electron chi connectivity index (χ0n) is 11.3. The topological polar surface area (TPSA) is 55.1 Å². The standard InChI is InChI=1S/C15H19ClN2O/c1-11(2)5-8-15(19)18-13-6-7-14(16)12(10-13)4-3-9-17/h6-7,10-11H,5,8-9,17H2,1-2H3,(H,18,19). The Hall–Kier alpha value is -1.50. The molecule has 0 saturated carbocycles. The van der Waals surface area contributed by atoms with Gasteiger partial charge in [0, 0.05) is 17.7 Å². The lowest BCUT2D eigenvalue weighted by molar-refractivity contribution is -0.116. The van der Waals surface area contributed by atoms with E-state index in [-0.39, 0.29) is 12.5 Å². The molecule has 19 heavy (non-hydrogen) atoms. The number of hydrogen-bond acceptors (Lipinski definition) is 2. The van der Waals surface area contributed by atoms with Crippen molar-refractivity contribution in [3.63, 3.8) is 0 Å². The van der Waals surface area contributed by atoms with Crippen molar-refractivity contribution in [1.29, 1.82) is 0 Å². The first-order valence-electron chi connectivity index (χ1n) is 6.31. The van der Waals surface area contributed by atoms with E-state index < -0.39 is 0 Å². The maximum atomic E-state index is 11.7. The van der Waals surface area contributed by atoms with E-state index >= 15 is 0 Å². The highest BCUT2D eigenvalue weighted by molar-refractivity contribution is 6.31. The Kier molecular flexibility index (Phi) is 6.41. The third-order valence-electron chi connectivity index (χ3n) is 2.52. The van der Waals surface area contributed by atoms with Crippen molar-refractivity contribution in [3.05, 3.63) is 28.8 Å². The van der Waals surface area contributed by atoms with Crippen molar-refractivity contribution in [3.8, 4) is 11.8 Å². The number of halogens is 1. The van der Waals surface area contributed by atoms with E-state index in [9.17, 15) is 4.79 Å². The van der Waals surface area contributed by atoms with E-state index in [1.54, 1.807) is 18.2 Å². The van der Waals surface area contributed by atoms with Crippen molar-refractivity contribution in [2.75, 3.05) is 11.9 Å². The van der Waals surface area contributed by atoms with E-state index in [2.05, 4.69) is 31.0 Å². The lowest BCUT2D eigenvalue weighted by atomic mass is 10.1. The summed E-state index contributed by atoms with van der Waals surface area (Å²) in [5.41, 5.74) is 6.71. The minimum atomic E-state index is 0.00811. The van der Waals surface area contributed by atoms with E-state index in [1.807, 2.05) is 0 Å². The van der Waals surface area contributed by atoms with Gasteiger partial charge in [0.05, 0.1) is 11.6 Å². The maximum Gasteiger partial charge on any atom is 0.224 e. The van der Waals surface area contributed by atoms with Crippen molar-refractivity contribution < 1.29 is 4.79 Å². The lowest BCUT2D eigenvalue weighted by Crippen LogP contribution is -2.12. The molecule has 0 saturated heterocycles. The molecule has 3 N–H and O–H groups in total. The van der Waals surface area contributed by atoms with Crippen LogP contribution in [0.15, 0.2) is 18.2 Å². The molecule has 1 rings (SSSR count). The summed E-state index contributed by atoms with van der Waals surface area (Å²) < 4.78 is 0. The zero-order valence-corrected chi connectivity index (χ0v) is 12.1. The first-order chi connectivity index (χ1) is 9.02. The van der Waals surface area contributed by atoms with E-state index in [0.717, 1.165) is 6.42 Å². The molecule has 0 heterocycles. The highest BCUT2D eigenvalue weighted by Gasteiger charge is 2.05. The van der Waals surface area contributed by atoms with Crippen molar-refractivity contribution in [1.82, 2.24) is 0 Å². The van der Waals surface area contributed by atoms with Crippen LogP contribution in [0.3, 0.4) is 0 Å². The van der Waals surface area contributed by atoms with Gasteiger partial charge in [-0.3, -0.25) is 4.79 Å². The Balaban J connectivity index is 2.71. The van der Waals surface area contributed by atoms with Gasteiger partial charge in [-0.15, -0.1) is 0 Å². The largest absolute Gasteiger partial charge is 0.326 e. The van der Waals surface area contributed by atoms with Gasteiger partial charge in [0.2, 0.25) is 5.91 Å². The quantitative estimate of drug-likeness (QED) is 0.832. The molecule has 0 aliphatic carbocycles. The number of carbonyl (C=O) groups excluding carboxylic acids is 1. The molecule has 0 unspecified atom stereocenters. The number of nitrogens with one attached hydrogen (secondary N) is 1. The van der Waals surface area contributed by atoms with Crippen LogP contribution in [0.4, 0.5) is 5.69 Å². The Morgan fingerprint density at radius 2 is 2.21 bits per heavy atom. The highest BCUT2D eigenvalue weighted by atomic mass is 35.5. The molecule has 0 aliphatic heterocycles. The molecule has 0 aliphatic rings. The molecular formula is C15H19ClN2O. The van der Waals surface area contributed by atoms with Gasteiger partial charge in [0.25, 0.3) is 0 Å². The molecule has 0 fully saturated rings. The van der Waals surface area contributed by atoms with Crippen LogP contribution in [0.1, 0.15) is 32.3 Å². The van der Waals surface area contributed by atoms with Gasteiger partial charge in [-0.25, -0.2) is 0 Å². The van der Waals surface area contributed by atoms with Gasteiger partial charge >= 0.3 is 0 Å². The van der Waals surface area contributed by atoms with Gasteiger partial charge in [-0.2, -0.15) is 0 Å². The molecule has 3 nitrogen and oxygen atoms in total. The third-order valence-corrected chi connectivity index (χ3v) is 2.85. The molecule has 4 heteroatoms. The van der Waals surface area contributed by atoms with Crippen LogP contribution in [0.25, 0.3) is 0 Å². The van der Waals surface area contributed by atoms with Crippen LogP contribution in [0.5, 0.6) is 0 Å². The molecule has 1 aromatic rings. The molecule has 102 valence electrons. The Labute approximate surface area is 119 Å². The van der Waals surface area contributed by atoms with Crippen LogP contribution in [0, 0.1) is 17.8 Å². The van der Waals surface area contributed by atoms with Crippen LogP contribution in [-0.4, -0.2) is 12.5 Å². The van der Waals surface area contributed by atoms with Gasteiger partial charge < -0.3 is 11.1 Å². The van der Waals surface area contributed by atoms with Crippen molar-refractivity contribution in [2.45, 2.75) is 26.7 Å². The summed E-state index contributed by atoms with van der Waals surface area (Å²) in [6.07, 6.45) is 1.39. The number of anilines is 1. The van der Waals surface area contributed by atoms with Gasteiger partial charge in [-0.05, 0) is 30.5 Å². The van der Waals surface area contributed by atoms with Gasteiger partial charge in [-0.1, -0.05) is 37.3 Å². The number of rotatable bonds is 4. The van der Waals surface area contributed by atoms with Crippen LogP contribution < -0.4 is 11.1 Å². The van der Waals surface area contributed by atoms with Crippen molar-refractivity contribution >= 4 is 23.2 Å². The summed E-state index contributed by atoms with van der Waals surface area (Å²) in [6.45, 7) is 4.47. The molecule has 0 bridgehead atoms. The second kappa shape index (κ2) is 7.83. The Bertz CT molecular complexity index is 501. The number of hydrogen-bond donors (Lipinski definition) is 2. The average molecular weight is 279 g/mol. The normalized spacial score (nSPS) is 9.95. The SMILES string of the molecule is CC(C)CCC(=O)Nc1ccc(Cl)c(C#CCN)c1. The minimum Gasteiger partial charge on any atom is -0.326 e. The molecule has 0 aromatic heterocycles. The predicted molar refractivity (Wildman–Crippen MR) is 80.1 cm³/mol. The Morgan fingerprint density at radius 3 is 2.84 bits per heavy atom. The molecule has 0 atom stereocenters. The molecular weight excluding hydrogens is 260 g/mol. The van der Waals surface area contributed by atoms with Crippen LogP contribution in [0.2, 0.25) is 5.02 Å². The van der Waals surface area contributed by atoms with Crippen LogP contribution >= 0.6 is 11.6 Å². The van der Waals surface area contributed by atoms with Gasteiger partial charge in [0.15, 0.2) is 0 Å². The second-order valence-corrected chi connectivity index (χ2v) is 5.09. The summed E-state index contributed by atoms with van der Waals surface area (Å²) in [6, 6.07) is 5.25. The smallest absolute Gasteiger partial charge is 0.224 e. The summed E-state index contributed by atoms with van der Waals surface area (Å²) >= 11 is 6.02. The van der Waals surface area contributed by atoms with Crippen molar-refractivity contribution in [2.24, 2.45) is 11.7 Å². The van der Waals surface area contributed by atoms with Crippen LogP contribution in [-0.2, 0) is 4.79 Å². The highest BCUT2D eigenvalue weighted by Crippen LogP contribution is 2.20. The maximum absolute atomic E-state index is 11.7. The first-order valence-corrected chi connectivity index (χ1v) is 6.69. The zero-order chi connectivity index (χ0) is 14.3. The Morgan fingerprint density at radius 1 is 1.47 bits per heavy atom. The fourth-order valence-corrected chi connectivity index (χ4v) is 1.65. The fourth-order valence-electron chi connectivity index (χ4n) is 1.49. The number of amides is 1. The molecule has 1 aromatic carbocycles. The lowest BCUT2D eigenvalue weighted by Gasteiger charge is -2.07. The summed E-state index contributed by atoms with van der Waals surface area (Å²) in [7, 11) is 0. The number of nitrogens with two attached hydrogens (primary N) is 1. The van der Waals surface area contributed by atoms with E-state index in [1.165, 1.54) is 0 Å². The monoisotopic (exact) mass is 278 g/mol. The van der Waals surface area contributed by atoms with E-state index in [0.29, 0.717) is 28.6 Å². The summed E-state index contributed by atoms with van der Waals surface area (Å²) in [5, 5.41) is 3.40. The van der Waals surface area contributed by atoms with Gasteiger partial charge in [0.1, 0.15) is 0 Å². The minimum absolute atomic E-state index is 0.00811. The number of carbonyl (C=O) groups is 1. The fraction of sp³-hybridized carbons (Fsp3) is 0.400. The van der Waals surface area contributed by atoms with E-state index in [4.69, 9.17) is 17.3 Å². The molecule has 1 amide bonds. The average Bonchev–Trinajstić information content (AvgIpc) is 2.37. The third kappa shape index (κ3) is 5.78. The summed E-state index contributed by atoms with van der Waals surface area (Å²) in [4.78, 5) is 11.7.